The van der Waals surface area contributed by atoms with Crippen LogP contribution in [-0.2, 0) is 25.5 Å². The number of nitrogens with zero attached hydrogens (tertiary/aromatic N) is 8. The summed E-state index contributed by atoms with van der Waals surface area (Å²) in [5.41, 5.74) is 0.917. The number of fused-ring (bicyclic) bond motifs is 1. The molecule has 4 heterocycles. The van der Waals surface area contributed by atoms with E-state index < -0.39 is 41.4 Å². The number of aliphatic hydroxyl groups is 1. The highest BCUT2D eigenvalue weighted by atomic mass is 35.5. The van der Waals surface area contributed by atoms with Gasteiger partial charge < -0.3 is 40.3 Å². The summed E-state index contributed by atoms with van der Waals surface area (Å²) in [4.78, 5) is 84.6. The van der Waals surface area contributed by atoms with E-state index in [0.29, 0.717) is 40.3 Å². The number of aromatic nitrogens is 5. The predicted molar refractivity (Wildman–Crippen MR) is 217 cm³/mol. The summed E-state index contributed by atoms with van der Waals surface area (Å²) < 4.78 is 7.71. The summed E-state index contributed by atoms with van der Waals surface area (Å²) in [6, 6.07) is 15.3. The Hall–Kier alpha value is -6.86. The number of carboxylic acids is 1. The molecule has 60 heavy (non-hydrogen) atoms. The average molecular weight is 841 g/mol. The van der Waals surface area contributed by atoms with Gasteiger partial charge in [-0.05, 0) is 104 Å². The Labute approximate surface area is 347 Å². The third-order valence-corrected chi connectivity index (χ3v) is 10.3. The van der Waals surface area contributed by atoms with E-state index in [9.17, 15) is 39.0 Å². The number of carboxylic acid groups (broad SMARTS) is 1. The lowest BCUT2D eigenvalue weighted by molar-refractivity contribution is -0.149. The highest BCUT2D eigenvalue weighted by Crippen LogP contribution is 2.31. The van der Waals surface area contributed by atoms with Gasteiger partial charge in [0.2, 0.25) is 5.91 Å². The van der Waals surface area contributed by atoms with E-state index in [1.165, 1.54) is 51.1 Å². The van der Waals surface area contributed by atoms with E-state index in [1.807, 2.05) is 0 Å². The van der Waals surface area contributed by atoms with Crippen LogP contribution in [0.5, 0.6) is 0 Å². The molecule has 20 heteroatoms. The summed E-state index contributed by atoms with van der Waals surface area (Å²) in [5.74, 6) is -3.92. The van der Waals surface area contributed by atoms with Crippen molar-refractivity contribution in [3.63, 3.8) is 0 Å². The van der Waals surface area contributed by atoms with Gasteiger partial charge in [0.05, 0.1) is 29.5 Å². The summed E-state index contributed by atoms with van der Waals surface area (Å²) >= 11 is 6.32. The number of aliphatic hydroxyl groups excluding tert-OH is 1. The largest absolute Gasteiger partial charge is 0.477 e. The number of rotatable bonds is 10. The van der Waals surface area contributed by atoms with Crippen LogP contribution in [0.15, 0.2) is 73.1 Å². The fourth-order valence-electron chi connectivity index (χ4n) is 7.31. The molecule has 2 aliphatic rings. The highest BCUT2D eigenvalue weighted by molar-refractivity contribution is 6.41. The molecular weight excluding hydrogens is 800 g/mol. The van der Waals surface area contributed by atoms with E-state index in [-0.39, 0.29) is 60.8 Å². The maximum Gasteiger partial charge on any atom is 0.419 e. The molecule has 3 aromatic carbocycles. The first-order chi connectivity index (χ1) is 28.6. The molecule has 312 valence electrons. The smallest absolute Gasteiger partial charge is 0.419 e. The van der Waals surface area contributed by atoms with Crippen molar-refractivity contribution < 1.29 is 43.7 Å². The minimum atomic E-state index is -1.37. The summed E-state index contributed by atoms with van der Waals surface area (Å²) in [6.07, 6.45) is 1.87. The van der Waals surface area contributed by atoms with Crippen molar-refractivity contribution in [2.24, 2.45) is 0 Å². The molecule has 0 spiro atoms. The molecule has 0 bridgehead atoms. The Balaban J connectivity index is 1.17. The van der Waals surface area contributed by atoms with Crippen LogP contribution >= 0.6 is 11.6 Å². The SMILES string of the molecule is CC(C)(C)OC(=O)n1c(C(=O)O)cc2cc(NC(=O)C(Cc3ccc(NC(=O)N4CCCC4CO)cc3)N3CCN(c4cc(Cl)ccc4-n4cnnn4)C(=O)C3=O)ccc21. The van der Waals surface area contributed by atoms with Gasteiger partial charge in [-0.3, -0.25) is 14.4 Å². The van der Waals surface area contributed by atoms with Crippen LogP contribution in [0.3, 0.4) is 0 Å². The van der Waals surface area contributed by atoms with Crippen molar-refractivity contribution in [3.8, 4) is 5.69 Å². The number of anilines is 3. The predicted octanol–water partition coefficient (Wildman–Crippen LogP) is 4.17. The number of urea groups is 1. The van der Waals surface area contributed by atoms with Crippen molar-refractivity contribution in [1.82, 2.24) is 34.6 Å². The number of hydrogen-bond acceptors (Lipinski definition) is 11. The monoisotopic (exact) mass is 840 g/mol. The number of amides is 5. The topological polar surface area (TPSA) is 234 Å². The van der Waals surface area contributed by atoms with Gasteiger partial charge in [-0.15, -0.1) is 5.10 Å². The number of likely N-dealkylation sites (tertiary alicyclic amines) is 1. The van der Waals surface area contributed by atoms with Gasteiger partial charge in [-0.25, -0.2) is 19.0 Å². The second-order valence-corrected chi connectivity index (χ2v) is 15.7. The van der Waals surface area contributed by atoms with E-state index in [2.05, 4.69) is 26.2 Å². The third-order valence-electron chi connectivity index (χ3n) is 10.1. The molecule has 2 saturated heterocycles. The maximum atomic E-state index is 14.3. The average Bonchev–Trinajstić information content (AvgIpc) is 3.99. The Morgan fingerprint density at radius 3 is 2.35 bits per heavy atom. The maximum absolute atomic E-state index is 14.3. The molecule has 7 rings (SSSR count). The number of carbonyl (C=O) groups is 6. The van der Waals surface area contributed by atoms with Crippen LogP contribution in [0, 0.1) is 0 Å². The van der Waals surface area contributed by atoms with Crippen molar-refractivity contribution >= 4 is 75.4 Å². The number of aromatic carboxylic acids is 1. The number of tetrazole rings is 1. The molecule has 5 aromatic rings. The van der Waals surface area contributed by atoms with Crippen LogP contribution in [0.4, 0.5) is 26.7 Å². The van der Waals surface area contributed by atoms with Gasteiger partial charge in [0.15, 0.2) is 0 Å². The summed E-state index contributed by atoms with van der Waals surface area (Å²) in [5, 5.41) is 37.1. The van der Waals surface area contributed by atoms with Gasteiger partial charge in [-0.2, -0.15) is 4.68 Å². The molecule has 2 aromatic heterocycles. The number of piperazine rings is 1. The summed E-state index contributed by atoms with van der Waals surface area (Å²) in [6.45, 7) is 5.24. The van der Waals surface area contributed by atoms with Crippen molar-refractivity contribution in [3.05, 3.63) is 89.3 Å². The molecule has 2 unspecified atom stereocenters. The fraction of sp³-hybridized carbons (Fsp3) is 0.325. The first-order valence-corrected chi connectivity index (χ1v) is 19.4. The van der Waals surface area contributed by atoms with E-state index in [0.717, 1.165) is 11.0 Å². The molecule has 0 radical (unpaired) electrons. The van der Waals surface area contributed by atoms with E-state index in [4.69, 9.17) is 16.3 Å². The lowest BCUT2D eigenvalue weighted by atomic mass is 10.0. The lowest BCUT2D eigenvalue weighted by Gasteiger charge is -2.38. The molecule has 2 atom stereocenters. The molecule has 19 nitrogen and oxygen atoms in total. The number of ether oxygens (including phenoxy) is 1. The van der Waals surface area contributed by atoms with Crippen molar-refractivity contribution in [2.45, 2.75) is 57.7 Å². The standard InChI is InChI=1S/C40H41ClN10O9/c1-40(2,3)60-39(59)51-29-13-11-27(18-24(29)19-33(51)37(56)57)43-34(53)32(17-23-6-9-26(10-7-23)44-38(58)47-14-4-5-28(47)21-52)49-16-15-48(35(54)36(49)55)31-20-25(41)8-12-30(31)50-22-42-45-46-50/h6-13,18-20,22,28,32,52H,4-5,14-17,21H2,1-3H3,(H,43,53)(H,44,58)(H,56,57). The van der Waals surface area contributed by atoms with Crippen LogP contribution < -0.4 is 15.5 Å². The molecule has 2 aliphatic heterocycles. The minimum absolute atomic E-state index is 0.0256. The zero-order valence-electron chi connectivity index (χ0n) is 32.7. The number of carbonyl (C=O) groups excluding carboxylic acids is 5. The number of halogens is 1. The number of nitrogens with one attached hydrogen (secondary N) is 2. The van der Waals surface area contributed by atoms with Crippen LogP contribution in [0.1, 0.15) is 49.7 Å². The Bertz CT molecular complexity index is 2480. The number of hydrogen-bond donors (Lipinski definition) is 4. The van der Waals surface area contributed by atoms with Gasteiger partial charge in [0.25, 0.3) is 0 Å². The van der Waals surface area contributed by atoms with E-state index >= 15 is 0 Å². The lowest BCUT2D eigenvalue weighted by Crippen LogP contribution is -2.60. The van der Waals surface area contributed by atoms with Crippen LogP contribution in [-0.4, -0.2) is 125 Å². The zero-order chi connectivity index (χ0) is 42.9. The van der Waals surface area contributed by atoms with Crippen LogP contribution in [0.2, 0.25) is 5.02 Å². The normalized spacial score (nSPS) is 16.3. The first-order valence-electron chi connectivity index (χ1n) is 19.0. The van der Waals surface area contributed by atoms with Crippen LogP contribution in [0.25, 0.3) is 16.6 Å². The van der Waals surface area contributed by atoms with E-state index in [1.54, 1.807) is 62.1 Å². The highest BCUT2D eigenvalue weighted by Gasteiger charge is 2.41. The quantitative estimate of drug-likeness (QED) is 0.145. The zero-order valence-corrected chi connectivity index (χ0v) is 33.5. The second kappa shape index (κ2) is 16.8. The first kappa shape index (κ1) is 41.3. The van der Waals surface area contributed by atoms with Crippen molar-refractivity contribution in [2.75, 3.05) is 41.8 Å². The summed E-state index contributed by atoms with van der Waals surface area (Å²) in [7, 11) is 0. The Kier molecular flexibility index (Phi) is 11.6. The fourth-order valence-corrected chi connectivity index (χ4v) is 7.48. The van der Waals surface area contributed by atoms with Gasteiger partial charge in [0.1, 0.15) is 23.7 Å². The molecule has 0 aliphatic carbocycles. The molecule has 5 amide bonds. The molecule has 2 fully saturated rings. The Morgan fingerprint density at radius 1 is 0.917 bits per heavy atom. The second-order valence-electron chi connectivity index (χ2n) is 15.3. The number of benzene rings is 3. The van der Waals surface area contributed by atoms with Crippen molar-refractivity contribution in [1.29, 1.82) is 0 Å². The molecule has 4 N–H and O–H groups in total. The molecule has 0 saturated carbocycles. The third kappa shape index (κ3) is 8.62. The molecular formula is C40H41ClN10O9. The minimum Gasteiger partial charge on any atom is -0.477 e. The van der Waals surface area contributed by atoms with Gasteiger partial charge in [-0.1, -0.05) is 23.7 Å². The van der Waals surface area contributed by atoms with Gasteiger partial charge in [0, 0.05) is 47.8 Å². The van der Waals surface area contributed by atoms with Gasteiger partial charge >= 0.3 is 29.9 Å². The Morgan fingerprint density at radius 2 is 1.67 bits per heavy atom.